The maximum Gasteiger partial charge on any atom is 0.0689 e. The molecule has 1 fully saturated rings. The van der Waals surface area contributed by atoms with Crippen LogP contribution in [0.3, 0.4) is 0 Å². The second-order valence-corrected chi connectivity index (χ2v) is 5.22. The monoisotopic (exact) mass is 223 g/mol. The molecule has 2 atom stereocenters. The van der Waals surface area contributed by atoms with Crippen molar-refractivity contribution in [1.82, 2.24) is 5.32 Å². The molecule has 2 unspecified atom stereocenters. The zero-order chi connectivity index (χ0) is 11.2. The molecule has 2 nitrogen and oxygen atoms in total. The summed E-state index contributed by atoms with van der Waals surface area (Å²) in [7, 11) is 0. The summed E-state index contributed by atoms with van der Waals surface area (Å²) in [5.74, 6) is 0.961. The van der Waals surface area contributed by atoms with Crippen molar-refractivity contribution < 1.29 is 4.74 Å². The maximum absolute atomic E-state index is 5.46. The van der Waals surface area contributed by atoms with E-state index >= 15 is 0 Å². The van der Waals surface area contributed by atoms with Crippen LogP contribution in [0.1, 0.15) is 45.4 Å². The van der Waals surface area contributed by atoms with Crippen molar-refractivity contribution in [2.75, 3.05) is 19.8 Å². The summed E-state index contributed by atoms with van der Waals surface area (Å²) in [5.41, 5.74) is 1.45. The van der Waals surface area contributed by atoms with E-state index in [1.54, 1.807) is 0 Å². The van der Waals surface area contributed by atoms with Gasteiger partial charge in [-0.25, -0.2) is 0 Å². The molecule has 1 N–H and O–H groups in total. The van der Waals surface area contributed by atoms with Gasteiger partial charge in [-0.3, -0.25) is 0 Å². The van der Waals surface area contributed by atoms with Gasteiger partial charge in [-0.15, -0.1) is 0 Å². The highest BCUT2D eigenvalue weighted by molar-refractivity contribution is 5.07. The number of hydrogen-bond acceptors (Lipinski definition) is 2. The van der Waals surface area contributed by atoms with Gasteiger partial charge in [0.15, 0.2) is 0 Å². The fourth-order valence-corrected chi connectivity index (χ4v) is 2.85. The van der Waals surface area contributed by atoms with Crippen molar-refractivity contribution in [1.29, 1.82) is 0 Å². The first-order chi connectivity index (χ1) is 7.88. The number of rotatable bonds is 4. The van der Waals surface area contributed by atoms with Gasteiger partial charge >= 0.3 is 0 Å². The van der Waals surface area contributed by atoms with Crippen LogP contribution in [0.25, 0.3) is 0 Å². The van der Waals surface area contributed by atoms with Crippen molar-refractivity contribution in [3.05, 3.63) is 11.6 Å². The van der Waals surface area contributed by atoms with E-state index in [-0.39, 0.29) is 0 Å². The quantitative estimate of drug-likeness (QED) is 0.740. The molecule has 0 aromatic carbocycles. The van der Waals surface area contributed by atoms with Gasteiger partial charge in [-0.1, -0.05) is 32.3 Å². The van der Waals surface area contributed by atoms with Crippen LogP contribution in [0.5, 0.6) is 0 Å². The van der Waals surface area contributed by atoms with Gasteiger partial charge < -0.3 is 10.1 Å². The lowest BCUT2D eigenvalue weighted by atomic mass is 9.84. The normalized spacial score (nSPS) is 31.2. The standard InChI is InChI=1S/C14H25NO/c1-2-12-5-3-7-14(9-12)15-10-13-6-4-8-16-11-13/h6,12,14-15H,2-5,7-11H2,1H3. The summed E-state index contributed by atoms with van der Waals surface area (Å²) in [6.45, 7) is 5.12. The molecular formula is C14H25NO. The third kappa shape index (κ3) is 3.60. The zero-order valence-electron chi connectivity index (χ0n) is 10.5. The maximum atomic E-state index is 5.46. The van der Waals surface area contributed by atoms with Gasteiger partial charge in [0.05, 0.1) is 13.2 Å². The summed E-state index contributed by atoms with van der Waals surface area (Å²) in [6.07, 6.45) is 10.4. The Kier molecular flexibility index (Phi) is 4.86. The van der Waals surface area contributed by atoms with E-state index in [1.165, 1.54) is 37.7 Å². The molecule has 0 bridgehead atoms. The predicted molar refractivity (Wildman–Crippen MR) is 67.6 cm³/mol. The first kappa shape index (κ1) is 12.1. The van der Waals surface area contributed by atoms with Gasteiger partial charge in [-0.05, 0) is 30.8 Å². The minimum Gasteiger partial charge on any atom is -0.377 e. The molecule has 1 aliphatic carbocycles. The average Bonchev–Trinajstić information content (AvgIpc) is 2.38. The van der Waals surface area contributed by atoms with E-state index < -0.39 is 0 Å². The van der Waals surface area contributed by atoms with E-state index in [0.29, 0.717) is 0 Å². The topological polar surface area (TPSA) is 21.3 Å². The largest absolute Gasteiger partial charge is 0.377 e. The molecule has 2 heteroatoms. The summed E-state index contributed by atoms with van der Waals surface area (Å²) in [4.78, 5) is 0. The van der Waals surface area contributed by atoms with Crippen LogP contribution >= 0.6 is 0 Å². The van der Waals surface area contributed by atoms with Crippen LogP contribution in [-0.4, -0.2) is 25.8 Å². The molecular weight excluding hydrogens is 198 g/mol. The van der Waals surface area contributed by atoms with Crippen molar-refractivity contribution in [3.63, 3.8) is 0 Å². The summed E-state index contributed by atoms with van der Waals surface area (Å²) >= 11 is 0. The summed E-state index contributed by atoms with van der Waals surface area (Å²) < 4.78 is 5.46. The van der Waals surface area contributed by atoms with Crippen LogP contribution in [0.2, 0.25) is 0 Å². The Labute approximate surface area is 99.4 Å². The fourth-order valence-electron chi connectivity index (χ4n) is 2.85. The van der Waals surface area contributed by atoms with Gasteiger partial charge in [0, 0.05) is 12.6 Å². The Morgan fingerprint density at radius 3 is 3.12 bits per heavy atom. The lowest BCUT2D eigenvalue weighted by molar-refractivity contribution is 0.147. The molecule has 1 aliphatic heterocycles. The van der Waals surface area contributed by atoms with Crippen LogP contribution in [-0.2, 0) is 4.74 Å². The molecule has 0 aromatic rings. The Bertz CT molecular complexity index is 237. The Balaban J connectivity index is 1.70. The van der Waals surface area contributed by atoms with Gasteiger partial charge in [-0.2, -0.15) is 0 Å². The molecule has 1 heterocycles. The van der Waals surface area contributed by atoms with Gasteiger partial charge in [0.2, 0.25) is 0 Å². The fraction of sp³-hybridized carbons (Fsp3) is 0.857. The Morgan fingerprint density at radius 1 is 1.44 bits per heavy atom. The highest BCUT2D eigenvalue weighted by Gasteiger charge is 2.20. The first-order valence-corrected chi connectivity index (χ1v) is 6.87. The van der Waals surface area contributed by atoms with E-state index in [9.17, 15) is 0 Å². The average molecular weight is 223 g/mol. The SMILES string of the molecule is CCC1CCCC(NCC2=CCCOC2)C1. The highest BCUT2D eigenvalue weighted by atomic mass is 16.5. The minimum absolute atomic E-state index is 0.751. The molecule has 92 valence electrons. The van der Waals surface area contributed by atoms with Gasteiger partial charge in [0.25, 0.3) is 0 Å². The number of nitrogens with one attached hydrogen (secondary N) is 1. The first-order valence-electron chi connectivity index (χ1n) is 6.87. The third-order valence-corrected chi connectivity index (χ3v) is 3.96. The van der Waals surface area contributed by atoms with Crippen LogP contribution in [0, 0.1) is 5.92 Å². The molecule has 2 aliphatic rings. The number of ether oxygens (including phenoxy) is 1. The Morgan fingerprint density at radius 2 is 2.38 bits per heavy atom. The molecule has 0 amide bonds. The van der Waals surface area contributed by atoms with Crippen LogP contribution < -0.4 is 5.32 Å². The van der Waals surface area contributed by atoms with Crippen LogP contribution in [0.4, 0.5) is 0 Å². The summed E-state index contributed by atoms with van der Waals surface area (Å²) in [5, 5.41) is 3.71. The lowest BCUT2D eigenvalue weighted by Crippen LogP contribution is -2.36. The van der Waals surface area contributed by atoms with Gasteiger partial charge in [0.1, 0.15) is 0 Å². The smallest absolute Gasteiger partial charge is 0.0689 e. The van der Waals surface area contributed by atoms with Crippen molar-refractivity contribution in [2.45, 2.75) is 51.5 Å². The molecule has 0 aromatic heterocycles. The predicted octanol–water partition coefficient (Wildman–Crippen LogP) is 2.89. The minimum atomic E-state index is 0.751. The molecule has 0 saturated heterocycles. The molecule has 16 heavy (non-hydrogen) atoms. The van der Waals surface area contributed by atoms with E-state index in [1.807, 2.05) is 0 Å². The number of hydrogen-bond donors (Lipinski definition) is 1. The third-order valence-electron chi connectivity index (χ3n) is 3.96. The second-order valence-electron chi connectivity index (χ2n) is 5.22. The Hall–Kier alpha value is -0.340. The van der Waals surface area contributed by atoms with Crippen LogP contribution in [0.15, 0.2) is 11.6 Å². The zero-order valence-corrected chi connectivity index (χ0v) is 10.5. The van der Waals surface area contributed by atoms with Crippen molar-refractivity contribution in [3.8, 4) is 0 Å². The molecule has 0 radical (unpaired) electrons. The molecule has 1 saturated carbocycles. The molecule has 0 spiro atoms. The van der Waals surface area contributed by atoms with E-state index in [2.05, 4.69) is 18.3 Å². The lowest BCUT2D eigenvalue weighted by Gasteiger charge is -2.29. The highest BCUT2D eigenvalue weighted by Crippen LogP contribution is 2.26. The summed E-state index contributed by atoms with van der Waals surface area (Å²) in [6, 6.07) is 0.751. The van der Waals surface area contributed by atoms with E-state index in [0.717, 1.165) is 38.1 Å². The second kappa shape index (κ2) is 6.41. The van der Waals surface area contributed by atoms with Crippen molar-refractivity contribution in [2.24, 2.45) is 5.92 Å². The van der Waals surface area contributed by atoms with Crippen molar-refractivity contribution >= 4 is 0 Å². The van der Waals surface area contributed by atoms with E-state index in [4.69, 9.17) is 4.74 Å². The molecule has 2 rings (SSSR count).